The first-order valence-electron chi connectivity index (χ1n) is 8.18. The highest BCUT2D eigenvalue weighted by molar-refractivity contribution is 7.94. The first-order chi connectivity index (χ1) is 14.5. The van der Waals surface area contributed by atoms with Gasteiger partial charge in [0.25, 0.3) is 10.0 Å². The molecule has 0 saturated carbocycles. The van der Waals surface area contributed by atoms with E-state index in [1.807, 2.05) is 4.49 Å². The van der Waals surface area contributed by atoms with Crippen LogP contribution < -0.4 is 13.5 Å². The molecule has 13 heteroatoms. The van der Waals surface area contributed by atoms with Gasteiger partial charge in [0.1, 0.15) is 10.0 Å². The maximum absolute atomic E-state index is 13.6. The molecule has 0 atom stereocenters. The lowest BCUT2D eigenvalue weighted by atomic mass is 10.3. The molecule has 0 spiro atoms. The summed E-state index contributed by atoms with van der Waals surface area (Å²) in [5, 5.41) is 0.289. The first kappa shape index (κ1) is 24.5. The molecule has 0 heterocycles. The zero-order valence-corrected chi connectivity index (χ0v) is 20.6. The minimum absolute atomic E-state index is 0.0899. The number of nitrogens with one attached hydrogen (secondary N) is 1. The van der Waals surface area contributed by atoms with Gasteiger partial charge < -0.3 is 9.05 Å². The Morgan fingerprint density at radius 2 is 1.16 bits per heavy atom. The van der Waals surface area contributed by atoms with Gasteiger partial charge in [0.2, 0.25) is 0 Å². The Bertz CT molecular complexity index is 1210. The van der Waals surface area contributed by atoms with Crippen LogP contribution in [0.25, 0.3) is 0 Å². The number of halogens is 5. The van der Waals surface area contributed by atoms with Gasteiger partial charge in [0.15, 0.2) is 11.5 Å². The van der Waals surface area contributed by atoms with Crippen LogP contribution in [0, 0.1) is 0 Å². The van der Waals surface area contributed by atoms with Crippen LogP contribution in [0.3, 0.4) is 0 Å². The third-order valence-electron chi connectivity index (χ3n) is 3.63. The Morgan fingerprint density at radius 3 is 1.61 bits per heavy atom. The molecule has 0 aliphatic rings. The van der Waals surface area contributed by atoms with Gasteiger partial charge in [-0.3, -0.25) is 0 Å². The van der Waals surface area contributed by atoms with E-state index in [-0.39, 0.29) is 36.5 Å². The van der Waals surface area contributed by atoms with Crippen molar-refractivity contribution in [2.24, 2.45) is 0 Å². The Balaban J connectivity index is 2.04. The quantitative estimate of drug-likeness (QED) is 0.302. The molecule has 0 aliphatic carbocycles. The molecular weight excluding hydrogens is 551 g/mol. The van der Waals surface area contributed by atoms with Crippen molar-refractivity contribution >= 4 is 75.8 Å². The zero-order chi connectivity index (χ0) is 22.8. The Morgan fingerprint density at radius 1 is 0.710 bits per heavy atom. The zero-order valence-electron chi connectivity index (χ0n) is 15.1. The minimum atomic E-state index is -4.71. The highest BCUT2D eigenvalue weighted by atomic mass is 35.5. The third kappa shape index (κ3) is 6.01. The van der Waals surface area contributed by atoms with Crippen LogP contribution >= 0.6 is 65.8 Å². The summed E-state index contributed by atoms with van der Waals surface area (Å²) in [6, 6.07) is 13.7. The molecular formula is C18H11Cl5NO5PS. The van der Waals surface area contributed by atoms with Gasteiger partial charge in [-0.1, -0.05) is 74.6 Å². The van der Waals surface area contributed by atoms with Gasteiger partial charge >= 0.3 is 7.75 Å². The summed E-state index contributed by atoms with van der Waals surface area (Å²) >= 11 is 29.9. The maximum atomic E-state index is 13.6. The molecule has 0 aliphatic heterocycles. The van der Waals surface area contributed by atoms with Crippen LogP contribution in [0.4, 0.5) is 0 Å². The van der Waals surface area contributed by atoms with Gasteiger partial charge in [-0.15, -0.1) is 0 Å². The van der Waals surface area contributed by atoms with Crippen LogP contribution in [-0.2, 0) is 14.6 Å². The van der Waals surface area contributed by atoms with Gasteiger partial charge in [-0.25, -0.2) is 13.0 Å². The van der Waals surface area contributed by atoms with Crippen molar-refractivity contribution < 1.29 is 22.0 Å². The molecule has 31 heavy (non-hydrogen) atoms. The average Bonchev–Trinajstić information content (AvgIpc) is 2.69. The first-order valence-corrected chi connectivity index (χ1v) is 13.1. The number of hydrogen-bond donors (Lipinski definition) is 1. The molecule has 3 aromatic carbocycles. The highest BCUT2D eigenvalue weighted by Gasteiger charge is 2.37. The van der Waals surface area contributed by atoms with E-state index in [0.717, 1.165) is 0 Å². The van der Waals surface area contributed by atoms with Crippen LogP contribution in [0.15, 0.2) is 65.6 Å². The molecule has 0 fully saturated rings. The predicted octanol–water partition coefficient (Wildman–Crippen LogP) is 7.50. The number of hydrogen-bond acceptors (Lipinski definition) is 5. The van der Waals surface area contributed by atoms with E-state index in [9.17, 15) is 13.0 Å². The lowest BCUT2D eigenvalue weighted by molar-refractivity contribution is 0.381. The van der Waals surface area contributed by atoms with E-state index in [1.54, 1.807) is 0 Å². The van der Waals surface area contributed by atoms with Crippen molar-refractivity contribution in [3.8, 4) is 11.5 Å². The molecule has 0 bridgehead atoms. The second kappa shape index (κ2) is 9.77. The molecule has 0 amide bonds. The largest absolute Gasteiger partial charge is 0.526 e. The summed E-state index contributed by atoms with van der Waals surface area (Å²) in [7, 11) is -9.11. The molecule has 0 radical (unpaired) electrons. The van der Waals surface area contributed by atoms with Crippen molar-refractivity contribution in [3.05, 3.63) is 85.8 Å². The van der Waals surface area contributed by atoms with Crippen molar-refractivity contribution in [3.63, 3.8) is 0 Å². The Labute approximate surface area is 203 Å². The smallest absolute Gasteiger partial charge is 0.402 e. The summed E-state index contributed by atoms with van der Waals surface area (Å²) in [5.74, 6) is -0.371. The Kier molecular flexibility index (Phi) is 7.72. The molecule has 1 N–H and O–H groups in total. The second-order valence-corrected chi connectivity index (χ2v) is 11.4. The van der Waals surface area contributed by atoms with E-state index in [1.165, 1.54) is 60.7 Å². The van der Waals surface area contributed by atoms with Gasteiger partial charge in [-0.05, 0) is 48.5 Å². The molecule has 164 valence electrons. The molecule has 0 saturated heterocycles. The summed E-state index contributed by atoms with van der Waals surface area (Å²) in [5.41, 5.74) is 0. The van der Waals surface area contributed by atoms with Crippen LogP contribution in [0.2, 0.25) is 25.1 Å². The van der Waals surface area contributed by atoms with Crippen molar-refractivity contribution in [1.29, 1.82) is 0 Å². The lowest BCUT2D eigenvalue weighted by Gasteiger charge is -2.21. The van der Waals surface area contributed by atoms with E-state index in [4.69, 9.17) is 67.1 Å². The molecule has 0 unspecified atom stereocenters. The van der Waals surface area contributed by atoms with Crippen LogP contribution in [0.1, 0.15) is 0 Å². The fourth-order valence-corrected chi connectivity index (χ4v) is 6.38. The van der Waals surface area contributed by atoms with E-state index in [2.05, 4.69) is 0 Å². The lowest BCUT2D eigenvalue weighted by Crippen LogP contribution is -2.26. The molecule has 3 aromatic rings. The second-order valence-electron chi connectivity index (χ2n) is 5.83. The fourth-order valence-electron chi connectivity index (χ4n) is 2.24. The molecule has 3 rings (SSSR count). The van der Waals surface area contributed by atoms with E-state index < -0.39 is 17.8 Å². The monoisotopic (exact) mass is 559 g/mol. The van der Waals surface area contributed by atoms with E-state index in [0.29, 0.717) is 5.02 Å². The SMILES string of the molecule is O=P(NS(=O)(=O)c1ccc(Cl)cc1)(Oc1cccc(Cl)c1Cl)Oc1cccc(Cl)c1Cl. The van der Waals surface area contributed by atoms with E-state index >= 15 is 0 Å². The fraction of sp³-hybridized carbons (Fsp3) is 0. The molecule has 6 nitrogen and oxygen atoms in total. The number of rotatable bonds is 7. The summed E-state index contributed by atoms with van der Waals surface area (Å²) < 4.78 is 52.0. The van der Waals surface area contributed by atoms with Crippen molar-refractivity contribution in [2.45, 2.75) is 4.90 Å². The number of sulfonamides is 1. The summed E-state index contributed by atoms with van der Waals surface area (Å²) in [4.78, 5) is -0.237. The summed E-state index contributed by atoms with van der Waals surface area (Å²) in [6.45, 7) is 0. The highest BCUT2D eigenvalue weighted by Crippen LogP contribution is 2.50. The Hall–Kier alpha value is -1.15. The average molecular weight is 562 g/mol. The predicted molar refractivity (Wildman–Crippen MR) is 124 cm³/mol. The van der Waals surface area contributed by atoms with Crippen molar-refractivity contribution in [1.82, 2.24) is 4.49 Å². The normalized spacial score (nSPS) is 11.9. The maximum Gasteiger partial charge on any atom is 0.526 e. The molecule has 0 aromatic heterocycles. The van der Waals surface area contributed by atoms with Gasteiger partial charge in [0, 0.05) is 5.02 Å². The minimum Gasteiger partial charge on any atom is -0.402 e. The summed E-state index contributed by atoms with van der Waals surface area (Å²) in [6.07, 6.45) is 0. The van der Waals surface area contributed by atoms with Crippen LogP contribution in [-0.4, -0.2) is 8.42 Å². The topological polar surface area (TPSA) is 81.7 Å². The van der Waals surface area contributed by atoms with Gasteiger partial charge in [0.05, 0.1) is 14.9 Å². The number of benzene rings is 3. The third-order valence-corrected chi connectivity index (χ3v) is 9.10. The van der Waals surface area contributed by atoms with Crippen molar-refractivity contribution in [2.75, 3.05) is 0 Å². The standard InChI is InChI=1S/C18H11Cl5NO5PS/c19-11-7-9-12(10-8-11)31(26,27)24-30(25,28-15-5-1-3-13(20)17(15)22)29-16-6-2-4-14(21)18(16)23/h1-10H,(H,24,25). The van der Waals surface area contributed by atoms with Crippen LogP contribution in [0.5, 0.6) is 11.5 Å². The van der Waals surface area contributed by atoms with Gasteiger partial charge in [-0.2, -0.15) is 0 Å².